The zero-order chi connectivity index (χ0) is 18.0. The first-order chi connectivity index (χ1) is 11.3. The van der Waals surface area contributed by atoms with E-state index >= 15 is 0 Å². The second-order valence-corrected chi connectivity index (χ2v) is 6.37. The van der Waals surface area contributed by atoms with Crippen LogP contribution in [0.25, 0.3) is 0 Å². The van der Waals surface area contributed by atoms with Crippen LogP contribution in [0.4, 0.5) is 0 Å². The summed E-state index contributed by atoms with van der Waals surface area (Å²) in [5.41, 5.74) is 0. The second kappa shape index (κ2) is 8.32. The Morgan fingerprint density at radius 2 is 1.58 bits per heavy atom. The van der Waals surface area contributed by atoms with Crippen molar-refractivity contribution in [1.82, 2.24) is 0 Å². The zero-order valence-corrected chi connectivity index (χ0v) is 13.0. The minimum absolute atomic E-state index is 0.146. The molecule has 1 aliphatic carbocycles. The zero-order valence-electron chi connectivity index (χ0n) is 13.0. The van der Waals surface area contributed by atoms with Gasteiger partial charge < -0.3 is 50.3 Å². The van der Waals surface area contributed by atoms with Crippen LogP contribution in [0, 0.1) is 5.92 Å². The third-order valence-electron chi connectivity index (χ3n) is 4.50. The van der Waals surface area contributed by atoms with Gasteiger partial charge in [-0.05, 0) is 18.8 Å². The standard InChI is InChI=1S/C14H26O10/c15-3-6(17)13(11(21)8(18)5-1-2-5)24-14-12(22)10(20)9(19)7(4-16)23-14/h5-22H,1-4H2. The largest absolute Gasteiger partial charge is 0.394 e. The lowest BCUT2D eigenvalue weighted by atomic mass is 9.97. The normalized spacial score (nSPS) is 39.2. The highest BCUT2D eigenvalue weighted by Gasteiger charge is 2.48. The molecule has 1 aliphatic heterocycles. The van der Waals surface area contributed by atoms with Crippen molar-refractivity contribution in [1.29, 1.82) is 0 Å². The van der Waals surface area contributed by atoms with Crippen molar-refractivity contribution in [2.24, 2.45) is 5.92 Å². The molecule has 0 spiro atoms. The van der Waals surface area contributed by atoms with Crippen molar-refractivity contribution in [3.05, 3.63) is 0 Å². The Morgan fingerprint density at radius 1 is 0.958 bits per heavy atom. The minimum atomic E-state index is -1.72. The molecule has 1 saturated heterocycles. The van der Waals surface area contributed by atoms with Crippen LogP contribution in [-0.4, -0.2) is 109 Å². The van der Waals surface area contributed by atoms with E-state index in [1.54, 1.807) is 0 Å². The van der Waals surface area contributed by atoms with Gasteiger partial charge in [-0.3, -0.25) is 0 Å². The first-order valence-corrected chi connectivity index (χ1v) is 7.92. The third kappa shape index (κ3) is 4.22. The van der Waals surface area contributed by atoms with Crippen LogP contribution in [0.3, 0.4) is 0 Å². The maximum atomic E-state index is 10.2. The molecule has 0 aromatic heterocycles. The molecule has 2 aliphatic rings. The van der Waals surface area contributed by atoms with E-state index in [1.807, 2.05) is 0 Å². The molecular formula is C14H26O10. The Morgan fingerprint density at radius 3 is 2.08 bits per heavy atom. The molecule has 8 N–H and O–H groups in total. The summed E-state index contributed by atoms with van der Waals surface area (Å²) in [4.78, 5) is 0. The van der Waals surface area contributed by atoms with Gasteiger partial charge in [0.25, 0.3) is 0 Å². The third-order valence-corrected chi connectivity index (χ3v) is 4.50. The average molecular weight is 354 g/mol. The van der Waals surface area contributed by atoms with Crippen molar-refractivity contribution in [3.63, 3.8) is 0 Å². The summed E-state index contributed by atoms with van der Waals surface area (Å²) in [6, 6.07) is 0. The molecule has 9 atom stereocenters. The predicted octanol–water partition coefficient (Wildman–Crippen LogP) is -4.34. The van der Waals surface area contributed by atoms with E-state index in [0.29, 0.717) is 12.8 Å². The van der Waals surface area contributed by atoms with Crippen LogP contribution in [0.15, 0.2) is 0 Å². The Kier molecular flexibility index (Phi) is 6.90. The molecule has 10 nitrogen and oxygen atoms in total. The molecule has 0 bridgehead atoms. The highest BCUT2D eigenvalue weighted by Crippen LogP contribution is 2.35. The number of hydrogen-bond acceptors (Lipinski definition) is 10. The van der Waals surface area contributed by atoms with Crippen LogP contribution in [0.5, 0.6) is 0 Å². The molecule has 24 heavy (non-hydrogen) atoms. The topological polar surface area (TPSA) is 180 Å². The SMILES string of the molecule is OCC(O)C(OC1OC(CO)C(O)C(O)C1O)C(O)C(O)C1CC1. The van der Waals surface area contributed by atoms with Gasteiger partial charge in [-0.25, -0.2) is 0 Å². The van der Waals surface area contributed by atoms with Crippen molar-refractivity contribution >= 4 is 0 Å². The van der Waals surface area contributed by atoms with Gasteiger partial charge in [0.05, 0.1) is 19.3 Å². The van der Waals surface area contributed by atoms with Gasteiger partial charge in [0.1, 0.15) is 42.7 Å². The Hall–Kier alpha value is -0.400. The van der Waals surface area contributed by atoms with Crippen molar-refractivity contribution in [2.45, 2.75) is 68.0 Å². The van der Waals surface area contributed by atoms with Crippen LogP contribution in [0.2, 0.25) is 0 Å². The fourth-order valence-corrected chi connectivity index (χ4v) is 2.75. The van der Waals surface area contributed by atoms with Crippen LogP contribution < -0.4 is 0 Å². The summed E-state index contributed by atoms with van der Waals surface area (Å²) >= 11 is 0. The second-order valence-electron chi connectivity index (χ2n) is 6.37. The van der Waals surface area contributed by atoms with Crippen molar-refractivity contribution < 1.29 is 50.3 Å². The van der Waals surface area contributed by atoms with E-state index in [0.717, 1.165) is 0 Å². The Labute approximate surface area is 138 Å². The average Bonchev–Trinajstić information content (AvgIpc) is 3.42. The molecule has 0 amide bonds. The van der Waals surface area contributed by atoms with E-state index in [9.17, 15) is 30.6 Å². The molecule has 0 aromatic carbocycles. The monoisotopic (exact) mass is 354 g/mol. The van der Waals surface area contributed by atoms with Gasteiger partial charge >= 0.3 is 0 Å². The van der Waals surface area contributed by atoms with E-state index in [2.05, 4.69) is 0 Å². The number of aliphatic hydroxyl groups is 8. The van der Waals surface area contributed by atoms with E-state index in [-0.39, 0.29) is 5.92 Å². The van der Waals surface area contributed by atoms with Gasteiger partial charge in [0.15, 0.2) is 6.29 Å². The van der Waals surface area contributed by atoms with Crippen molar-refractivity contribution in [2.75, 3.05) is 13.2 Å². The van der Waals surface area contributed by atoms with Gasteiger partial charge in [0.2, 0.25) is 0 Å². The minimum Gasteiger partial charge on any atom is -0.394 e. The summed E-state index contributed by atoms with van der Waals surface area (Å²) in [6.07, 6.45) is -12.2. The maximum absolute atomic E-state index is 10.2. The molecule has 9 unspecified atom stereocenters. The quantitative estimate of drug-likeness (QED) is 0.212. The first-order valence-electron chi connectivity index (χ1n) is 7.92. The maximum Gasteiger partial charge on any atom is 0.187 e. The van der Waals surface area contributed by atoms with Gasteiger partial charge in [-0.15, -0.1) is 0 Å². The number of aliphatic hydroxyl groups excluding tert-OH is 8. The van der Waals surface area contributed by atoms with Gasteiger partial charge in [-0.1, -0.05) is 0 Å². The molecule has 2 fully saturated rings. The molecular weight excluding hydrogens is 328 g/mol. The lowest BCUT2D eigenvalue weighted by Crippen LogP contribution is -2.61. The fraction of sp³-hybridized carbons (Fsp3) is 1.00. The summed E-state index contributed by atoms with van der Waals surface area (Å²) in [5.74, 6) is -0.146. The highest BCUT2D eigenvalue weighted by atomic mass is 16.7. The number of rotatable bonds is 8. The molecule has 10 heteroatoms. The number of ether oxygens (including phenoxy) is 2. The summed E-state index contributed by atoms with van der Waals surface area (Å²) < 4.78 is 10.4. The molecule has 142 valence electrons. The first kappa shape index (κ1) is 19.9. The Bertz CT molecular complexity index is 390. The van der Waals surface area contributed by atoms with E-state index in [1.165, 1.54) is 0 Å². The summed E-state index contributed by atoms with van der Waals surface area (Å²) in [7, 11) is 0. The van der Waals surface area contributed by atoms with Crippen molar-refractivity contribution in [3.8, 4) is 0 Å². The van der Waals surface area contributed by atoms with Crippen LogP contribution in [-0.2, 0) is 9.47 Å². The molecule has 1 heterocycles. The van der Waals surface area contributed by atoms with Gasteiger partial charge in [0, 0.05) is 0 Å². The summed E-state index contributed by atoms with van der Waals surface area (Å²) in [5, 5.41) is 77.7. The van der Waals surface area contributed by atoms with Crippen LogP contribution in [0.1, 0.15) is 12.8 Å². The highest BCUT2D eigenvalue weighted by molar-refractivity contribution is 4.93. The van der Waals surface area contributed by atoms with E-state index in [4.69, 9.17) is 19.7 Å². The van der Waals surface area contributed by atoms with Gasteiger partial charge in [-0.2, -0.15) is 0 Å². The molecule has 0 aromatic rings. The van der Waals surface area contributed by atoms with Crippen LogP contribution >= 0.6 is 0 Å². The summed E-state index contributed by atoms with van der Waals surface area (Å²) in [6.45, 7) is -1.44. The molecule has 0 radical (unpaired) electrons. The lowest BCUT2D eigenvalue weighted by Gasteiger charge is -2.42. The predicted molar refractivity (Wildman–Crippen MR) is 76.5 cm³/mol. The molecule has 1 saturated carbocycles. The van der Waals surface area contributed by atoms with E-state index < -0.39 is 68.3 Å². The number of hydrogen-bond donors (Lipinski definition) is 8. The smallest absolute Gasteiger partial charge is 0.187 e. The molecule has 2 rings (SSSR count). The lowest BCUT2D eigenvalue weighted by molar-refractivity contribution is -0.327. The fourth-order valence-electron chi connectivity index (χ4n) is 2.75. The Balaban J connectivity index is 2.09.